The van der Waals surface area contributed by atoms with E-state index < -0.39 is 0 Å². The molecule has 1 aliphatic rings. The number of rotatable bonds is 7. The van der Waals surface area contributed by atoms with Gasteiger partial charge in [0.2, 0.25) is 5.91 Å². The van der Waals surface area contributed by atoms with Gasteiger partial charge in [-0.3, -0.25) is 9.48 Å². The van der Waals surface area contributed by atoms with Crippen LogP contribution < -0.4 is 15.4 Å². The van der Waals surface area contributed by atoms with Crippen molar-refractivity contribution in [1.82, 2.24) is 15.1 Å². The predicted octanol–water partition coefficient (Wildman–Crippen LogP) is 1.70. The number of carbonyl (C=O) groups excluding carboxylic acids is 1. The van der Waals surface area contributed by atoms with Crippen LogP contribution in [-0.4, -0.2) is 49.1 Å². The second kappa shape index (κ2) is 8.33. The minimum Gasteiger partial charge on any atom is -0.491 e. The van der Waals surface area contributed by atoms with Crippen molar-refractivity contribution in [1.29, 1.82) is 0 Å². The van der Waals surface area contributed by atoms with Crippen LogP contribution in [0.5, 0.6) is 5.75 Å². The molecule has 2 aromatic rings. The van der Waals surface area contributed by atoms with Crippen LogP contribution in [0.4, 0.5) is 5.69 Å². The van der Waals surface area contributed by atoms with Gasteiger partial charge in [0.05, 0.1) is 18.7 Å². The van der Waals surface area contributed by atoms with Gasteiger partial charge < -0.3 is 20.1 Å². The third-order valence-electron chi connectivity index (χ3n) is 4.72. The van der Waals surface area contributed by atoms with E-state index in [2.05, 4.69) is 15.7 Å². The Kier molecular flexibility index (Phi) is 5.90. The topological polar surface area (TPSA) is 77.4 Å². The molecule has 1 aromatic heterocycles. The van der Waals surface area contributed by atoms with Gasteiger partial charge in [-0.2, -0.15) is 5.10 Å². The molecule has 1 aromatic carbocycles. The van der Waals surface area contributed by atoms with Crippen molar-refractivity contribution in [2.45, 2.75) is 12.8 Å². The highest BCUT2D eigenvalue weighted by atomic mass is 16.5. The summed E-state index contributed by atoms with van der Waals surface area (Å²) in [6.07, 6.45) is 3.82. The standard InChI is InChI=1S/C19H26N4O3/c1-13-8-15(26-7-6-25-3)4-5-18(13)22-19(24)17-11-20-10-16(17)14-9-21-23(2)12-14/h4-5,8-9,12,16-17,20H,6-7,10-11H2,1-3H3,(H,22,24)/t16-,17+/m1/s1. The lowest BCUT2D eigenvalue weighted by molar-refractivity contribution is -0.119. The van der Waals surface area contributed by atoms with E-state index in [9.17, 15) is 4.79 Å². The molecule has 0 unspecified atom stereocenters. The first-order chi connectivity index (χ1) is 12.6. The van der Waals surface area contributed by atoms with Crippen LogP contribution in [0.3, 0.4) is 0 Å². The summed E-state index contributed by atoms with van der Waals surface area (Å²) in [7, 11) is 3.53. The minimum atomic E-state index is -0.115. The average molecular weight is 358 g/mol. The molecule has 2 atom stereocenters. The molecule has 0 aliphatic carbocycles. The first-order valence-electron chi connectivity index (χ1n) is 8.81. The van der Waals surface area contributed by atoms with Crippen LogP contribution in [0, 0.1) is 12.8 Å². The van der Waals surface area contributed by atoms with E-state index in [0.717, 1.165) is 29.1 Å². The number of ether oxygens (including phenoxy) is 2. The van der Waals surface area contributed by atoms with Gasteiger partial charge in [-0.25, -0.2) is 0 Å². The summed E-state index contributed by atoms with van der Waals surface area (Å²) < 4.78 is 12.4. The van der Waals surface area contributed by atoms with E-state index in [-0.39, 0.29) is 17.7 Å². The van der Waals surface area contributed by atoms with Gasteiger partial charge in [0.1, 0.15) is 12.4 Å². The second-order valence-corrected chi connectivity index (χ2v) is 6.63. The number of benzene rings is 1. The van der Waals surface area contributed by atoms with Gasteiger partial charge in [0, 0.05) is 45.0 Å². The first kappa shape index (κ1) is 18.4. The van der Waals surface area contributed by atoms with Crippen molar-refractivity contribution >= 4 is 11.6 Å². The largest absolute Gasteiger partial charge is 0.491 e. The number of hydrogen-bond acceptors (Lipinski definition) is 5. The van der Waals surface area contributed by atoms with Crippen molar-refractivity contribution in [3.63, 3.8) is 0 Å². The molecule has 0 bridgehead atoms. The number of carbonyl (C=O) groups is 1. The van der Waals surface area contributed by atoms with Crippen LogP contribution in [-0.2, 0) is 16.6 Å². The molecule has 1 saturated heterocycles. The summed E-state index contributed by atoms with van der Waals surface area (Å²) in [4.78, 5) is 12.8. The lowest BCUT2D eigenvalue weighted by Gasteiger charge is -2.18. The molecular formula is C19H26N4O3. The Labute approximate surface area is 153 Å². The van der Waals surface area contributed by atoms with E-state index in [1.54, 1.807) is 11.8 Å². The van der Waals surface area contributed by atoms with Crippen molar-refractivity contribution in [2.75, 3.05) is 38.7 Å². The monoisotopic (exact) mass is 358 g/mol. The number of nitrogens with zero attached hydrogens (tertiary/aromatic N) is 2. The van der Waals surface area contributed by atoms with Crippen molar-refractivity contribution < 1.29 is 14.3 Å². The Bertz CT molecular complexity index is 759. The molecule has 0 saturated carbocycles. The fourth-order valence-corrected chi connectivity index (χ4v) is 3.27. The van der Waals surface area contributed by atoms with Crippen molar-refractivity contribution in [3.8, 4) is 5.75 Å². The van der Waals surface area contributed by atoms with E-state index in [0.29, 0.717) is 19.8 Å². The number of hydrogen-bond donors (Lipinski definition) is 2. The number of anilines is 1. The Morgan fingerprint density at radius 2 is 2.23 bits per heavy atom. The Hall–Kier alpha value is -2.38. The molecule has 2 N–H and O–H groups in total. The summed E-state index contributed by atoms with van der Waals surface area (Å²) in [6.45, 7) is 4.46. The van der Waals surface area contributed by atoms with Crippen LogP contribution in [0.15, 0.2) is 30.6 Å². The molecule has 0 radical (unpaired) electrons. The summed E-state index contributed by atoms with van der Waals surface area (Å²) in [5.41, 5.74) is 2.87. The molecule has 26 heavy (non-hydrogen) atoms. The smallest absolute Gasteiger partial charge is 0.229 e. The fraction of sp³-hybridized carbons (Fsp3) is 0.474. The number of nitrogens with one attached hydrogen (secondary N) is 2. The highest BCUT2D eigenvalue weighted by Gasteiger charge is 2.34. The number of methoxy groups -OCH3 is 1. The van der Waals surface area contributed by atoms with E-state index in [1.165, 1.54) is 0 Å². The maximum atomic E-state index is 12.8. The lowest BCUT2D eigenvalue weighted by Crippen LogP contribution is -2.28. The summed E-state index contributed by atoms with van der Waals surface area (Å²) >= 11 is 0. The fourth-order valence-electron chi connectivity index (χ4n) is 3.27. The molecule has 3 rings (SSSR count). The van der Waals surface area contributed by atoms with Crippen molar-refractivity contribution in [3.05, 3.63) is 41.7 Å². The van der Waals surface area contributed by atoms with Crippen LogP contribution in [0.2, 0.25) is 0 Å². The van der Waals surface area contributed by atoms with Gasteiger partial charge in [0.15, 0.2) is 0 Å². The molecular weight excluding hydrogens is 332 g/mol. The molecule has 1 aliphatic heterocycles. The zero-order valence-electron chi connectivity index (χ0n) is 15.5. The summed E-state index contributed by atoms with van der Waals surface area (Å²) in [5, 5.41) is 10.6. The Morgan fingerprint density at radius 3 is 2.92 bits per heavy atom. The number of amides is 1. The molecule has 0 spiro atoms. The maximum Gasteiger partial charge on any atom is 0.229 e. The van der Waals surface area contributed by atoms with E-state index in [4.69, 9.17) is 9.47 Å². The van der Waals surface area contributed by atoms with Crippen LogP contribution in [0.1, 0.15) is 17.0 Å². The van der Waals surface area contributed by atoms with Crippen LogP contribution >= 0.6 is 0 Å². The number of aryl methyl sites for hydroxylation is 2. The van der Waals surface area contributed by atoms with E-state index in [1.807, 2.05) is 44.6 Å². The second-order valence-electron chi connectivity index (χ2n) is 6.63. The number of aromatic nitrogens is 2. The van der Waals surface area contributed by atoms with Gasteiger partial charge in [0.25, 0.3) is 0 Å². The SMILES string of the molecule is COCCOc1ccc(NC(=O)[C@H]2CNC[C@@H]2c2cnn(C)c2)c(C)c1. The quantitative estimate of drug-likeness (QED) is 0.737. The highest BCUT2D eigenvalue weighted by molar-refractivity contribution is 5.94. The molecule has 140 valence electrons. The van der Waals surface area contributed by atoms with Gasteiger partial charge >= 0.3 is 0 Å². The zero-order valence-corrected chi connectivity index (χ0v) is 15.5. The van der Waals surface area contributed by atoms with Crippen LogP contribution in [0.25, 0.3) is 0 Å². The molecule has 1 fully saturated rings. The van der Waals surface area contributed by atoms with Gasteiger partial charge in [-0.1, -0.05) is 0 Å². The average Bonchev–Trinajstić information content (AvgIpc) is 3.26. The normalized spacial score (nSPS) is 19.5. The summed E-state index contributed by atoms with van der Waals surface area (Å²) in [5.74, 6) is 0.824. The Morgan fingerprint density at radius 1 is 1.38 bits per heavy atom. The Balaban J connectivity index is 1.65. The molecule has 7 nitrogen and oxygen atoms in total. The predicted molar refractivity (Wildman–Crippen MR) is 99.5 cm³/mol. The van der Waals surface area contributed by atoms with Gasteiger partial charge in [-0.15, -0.1) is 0 Å². The van der Waals surface area contributed by atoms with E-state index >= 15 is 0 Å². The third kappa shape index (κ3) is 4.23. The molecule has 2 heterocycles. The summed E-state index contributed by atoms with van der Waals surface area (Å²) in [6, 6.07) is 5.68. The van der Waals surface area contributed by atoms with Crippen molar-refractivity contribution in [2.24, 2.45) is 13.0 Å². The lowest BCUT2D eigenvalue weighted by atomic mass is 9.90. The third-order valence-corrected chi connectivity index (χ3v) is 4.72. The zero-order chi connectivity index (χ0) is 18.5. The minimum absolute atomic E-state index is 0.0278. The molecule has 7 heteroatoms. The van der Waals surface area contributed by atoms with Gasteiger partial charge in [-0.05, 0) is 36.2 Å². The first-order valence-corrected chi connectivity index (χ1v) is 8.81. The maximum absolute atomic E-state index is 12.8. The highest BCUT2D eigenvalue weighted by Crippen LogP contribution is 2.30. The molecule has 1 amide bonds.